The predicted octanol–water partition coefficient (Wildman–Crippen LogP) is -1.25. The van der Waals surface area contributed by atoms with Crippen LogP contribution in [0, 0.1) is 0 Å². The van der Waals surface area contributed by atoms with Gasteiger partial charge in [0, 0.05) is 5.41 Å². The third-order valence-corrected chi connectivity index (χ3v) is 3.04. The average molecular weight is 207 g/mol. The molecular formula is C6H9NO5S. The molecule has 1 unspecified atom stereocenters. The van der Waals surface area contributed by atoms with Gasteiger partial charge in [-0.15, -0.1) is 0 Å². The summed E-state index contributed by atoms with van der Waals surface area (Å²) >= 11 is 0. The lowest BCUT2D eigenvalue weighted by atomic mass is 10.1. The van der Waals surface area contributed by atoms with Crippen LogP contribution in [0.3, 0.4) is 0 Å². The number of amides is 1. The third-order valence-electron chi connectivity index (χ3n) is 1.60. The molecule has 1 aliphatic rings. The van der Waals surface area contributed by atoms with E-state index >= 15 is 0 Å². The van der Waals surface area contributed by atoms with Crippen molar-refractivity contribution in [2.45, 2.75) is 5.60 Å². The maximum Gasteiger partial charge on any atom is 0.405 e. The van der Waals surface area contributed by atoms with Gasteiger partial charge in [-0.05, 0) is 6.08 Å². The summed E-state index contributed by atoms with van der Waals surface area (Å²) in [5.74, 6) is -0.459. The highest BCUT2D eigenvalue weighted by molar-refractivity contribution is 7.94. The minimum Gasteiger partial charge on any atom is -0.435 e. The van der Waals surface area contributed by atoms with Crippen LogP contribution in [0.4, 0.5) is 4.79 Å². The molecular weight excluding hydrogens is 198 g/mol. The van der Waals surface area contributed by atoms with E-state index in [2.05, 4.69) is 4.74 Å². The molecule has 1 amide bonds. The zero-order valence-electron chi connectivity index (χ0n) is 6.63. The summed E-state index contributed by atoms with van der Waals surface area (Å²) in [4.78, 5) is 10.4. The van der Waals surface area contributed by atoms with Crippen LogP contribution in [0.1, 0.15) is 0 Å². The molecule has 0 radical (unpaired) electrons. The molecule has 74 valence electrons. The molecule has 0 aliphatic carbocycles. The number of primary amides is 1. The van der Waals surface area contributed by atoms with Crippen LogP contribution in [0.25, 0.3) is 0 Å². The topological polar surface area (TPSA) is 107 Å². The molecule has 0 saturated heterocycles. The molecule has 1 atom stereocenters. The van der Waals surface area contributed by atoms with Crippen LogP contribution in [0.5, 0.6) is 0 Å². The number of aliphatic hydroxyl groups is 1. The number of carbonyl (C=O) groups excluding carboxylic acids is 1. The Kier molecular flexibility index (Phi) is 2.31. The van der Waals surface area contributed by atoms with Gasteiger partial charge in [-0.2, -0.15) is 0 Å². The summed E-state index contributed by atoms with van der Waals surface area (Å²) in [6, 6.07) is 0. The zero-order valence-corrected chi connectivity index (χ0v) is 7.45. The van der Waals surface area contributed by atoms with Crippen LogP contribution >= 0.6 is 0 Å². The van der Waals surface area contributed by atoms with Gasteiger partial charge in [-0.1, -0.05) is 0 Å². The van der Waals surface area contributed by atoms with E-state index in [0.717, 1.165) is 11.5 Å². The van der Waals surface area contributed by atoms with Crippen LogP contribution in [-0.2, 0) is 14.6 Å². The first-order valence-electron chi connectivity index (χ1n) is 3.40. The molecule has 0 aromatic rings. The van der Waals surface area contributed by atoms with Crippen molar-refractivity contribution in [1.29, 1.82) is 0 Å². The van der Waals surface area contributed by atoms with E-state index in [4.69, 9.17) is 10.8 Å². The van der Waals surface area contributed by atoms with Crippen molar-refractivity contribution in [1.82, 2.24) is 0 Å². The van der Waals surface area contributed by atoms with Gasteiger partial charge in [0.15, 0.2) is 15.4 Å². The molecule has 1 rings (SSSR count). The van der Waals surface area contributed by atoms with Crippen LogP contribution in [-0.4, -0.2) is 37.6 Å². The lowest BCUT2D eigenvalue weighted by molar-refractivity contribution is 0.0263. The Morgan fingerprint density at radius 1 is 1.69 bits per heavy atom. The van der Waals surface area contributed by atoms with Crippen molar-refractivity contribution in [3.63, 3.8) is 0 Å². The van der Waals surface area contributed by atoms with Gasteiger partial charge in [-0.25, -0.2) is 13.2 Å². The van der Waals surface area contributed by atoms with Gasteiger partial charge >= 0.3 is 6.09 Å². The first-order chi connectivity index (χ1) is 5.89. The molecule has 1 aliphatic heterocycles. The second-order valence-corrected chi connectivity index (χ2v) is 4.64. The monoisotopic (exact) mass is 207 g/mol. The Hall–Kier alpha value is -1.08. The maximum absolute atomic E-state index is 11.0. The van der Waals surface area contributed by atoms with E-state index in [0.29, 0.717) is 0 Å². The van der Waals surface area contributed by atoms with E-state index < -0.39 is 33.9 Å². The fourth-order valence-corrected chi connectivity index (χ4v) is 2.54. The summed E-state index contributed by atoms with van der Waals surface area (Å²) in [5.41, 5.74) is 3.23. The molecule has 6 nitrogen and oxygen atoms in total. The minimum atomic E-state index is -3.38. The van der Waals surface area contributed by atoms with Crippen molar-refractivity contribution < 1.29 is 23.1 Å². The lowest BCUT2D eigenvalue weighted by Gasteiger charge is -2.22. The number of ether oxygens (including phenoxy) is 1. The van der Waals surface area contributed by atoms with Gasteiger partial charge in [0.25, 0.3) is 0 Å². The number of nitrogens with two attached hydrogens (primary N) is 1. The zero-order chi connectivity index (χ0) is 10.1. The smallest absolute Gasteiger partial charge is 0.405 e. The molecule has 0 aromatic carbocycles. The number of rotatable bonds is 2. The van der Waals surface area contributed by atoms with Gasteiger partial charge < -0.3 is 15.6 Å². The number of aliphatic hydroxyl groups excluding tert-OH is 1. The summed E-state index contributed by atoms with van der Waals surface area (Å²) in [6.45, 7) is -0.605. The van der Waals surface area contributed by atoms with E-state index in [1.165, 1.54) is 0 Å². The lowest BCUT2D eigenvalue weighted by Crippen LogP contribution is -2.41. The fraction of sp³-hybridized carbons (Fsp3) is 0.500. The van der Waals surface area contributed by atoms with Crippen molar-refractivity contribution in [3.8, 4) is 0 Å². The van der Waals surface area contributed by atoms with E-state index in [1.807, 2.05) is 0 Å². The Morgan fingerprint density at radius 2 is 2.31 bits per heavy atom. The number of hydrogen-bond acceptors (Lipinski definition) is 5. The highest BCUT2D eigenvalue weighted by Crippen LogP contribution is 2.23. The average Bonchev–Trinajstić information content (AvgIpc) is 2.26. The Balaban J connectivity index is 2.88. The molecule has 0 aromatic heterocycles. The van der Waals surface area contributed by atoms with Crippen LogP contribution in [0.2, 0.25) is 0 Å². The van der Waals surface area contributed by atoms with Crippen LogP contribution in [0.15, 0.2) is 11.5 Å². The molecule has 13 heavy (non-hydrogen) atoms. The normalized spacial score (nSPS) is 30.2. The summed E-state index contributed by atoms with van der Waals surface area (Å²) < 4.78 is 26.4. The molecule has 7 heteroatoms. The molecule has 1 heterocycles. The standard InChI is InChI=1S/C6H9NO5S/c7-5(9)12-6(3-8)1-2-13(10,11)4-6/h1-2,8H,3-4H2,(H2,7,9). The van der Waals surface area contributed by atoms with Gasteiger partial charge in [0.1, 0.15) is 5.75 Å². The Morgan fingerprint density at radius 3 is 2.62 bits per heavy atom. The second-order valence-electron chi connectivity index (χ2n) is 2.75. The second kappa shape index (κ2) is 3.00. The highest BCUT2D eigenvalue weighted by atomic mass is 32.2. The molecule has 3 N–H and O–H groups in total. The van der Waals surface area contributed by atoms with Crippen LogP contribution < -0.4 is 5.73 Å². The van der Waals surface area contributed by atoms with Gasteiger partial charge in [0.2, 0.25) is 0 Å². The van der Waals surface area contributed by atoms with Crippen molar-refractivity contribution in [3.05, 3.63) is 11.5 Å². The van der Waals surface area contributed by atoms with Crippen molar-refractivity contribution in [2.75, 3.05) is 12.4 Å². The number of hydrogen-bond donors (Lipinski definition) is 2. The van der Waals surface area contributed by atoms with Crippen molar-refractivity contribution in [2.24, 2.45) is 5.73 Å². The highest BCUT2D eigenvalue weighted by Gasteiger charge is 2.40. The molecule has 0 spiro atoms. The summed E-state index contributed by atoms with van der Waals surface area (Å²) in [6.07, 6.45) is 0.00315. The third kappa shape index (κ3) is 2.19. The van der Waals surface area contributed by atoms with E-state index in [9.17, 15) is 13.2 Å². The summed E-state index contributed by atoms with van der Waals surface area (Å²) in [5, 5.41) is 9.74. The minimum absolute atomic E-state index is 0.459. The molecule has 0 bridgehead atoms. The van der Waals surface area contributed by atoms with E-state index in [1.54, 1.807) is 0 Å². The SMILES string of the molecule is NC(=O)OC1(CO)C=CS(=O)(=O)C1. The Bertz CT molecular complexity index is 346. The van der Waals surface area contributed by atoms with Gasteiger partial charge in [0.05, 0.1) is 6.61 Å². The predicted molar refractivity (Wildman–Crippen MR) is 43.4 cm³/mol. The quantitative estimate of drug-likeness (QED) is 0.588. The fourth-order valence-electron chi connectivity index (χ4n) is 1.06. The number of sulfone groups is 1. The molecule has 0 saturated carbocycles. The molecule has 0 fully saturated rings. The largest absolute Gasteiger partial charge is 0.435 e. The first kappa shape index (κ1) is 10.0. The first-order valence-corrected chi connectivity index (χ1v) is 5.12. The van der Waals surface area contributed by atoms with E-state index in [-0.39, 0.29) is 0 Å². The Labute approximate surface area is 74.9 Å². The van der Waals surface area contributed by atoms with Gasteiger partial charge in [-0.3, -0.25) is 0 Å². The number of carbonyl (C=O) groups is 1. The van der Waals surface area contributed by atoms with Crippen molar-refractivity contribution >= 4 is 15.9 Å². The summed E-state index contributed by atoms with van der Waals surface area (Å²) in [7, 11) is -3.38. The maximum atomic E-state index is 11.0.